The van der Waals surface area contributed by atoms with Crippen LogP contribution in [0.25, 0.3) is 0 Å². The molecular weight excluding hydrogens is 604 g/mol. The maximum atomic E-state index is 13.9. The number of fused-ring (bicyclic) bond motifs is 3. The molecule has 0 aromatic heterocycles. The molecule has 10 atom stereocenters. The van der Waals surface area contributed by atoms with Crippen molar-refractivity contribution in [3.05, 3.63) is 0 Å². The highest BCUT2D eigenvalue weighted by Gasteiger charge is 2.55. The summed E-state index contributed by atoms with van der Waals surface area (Å²) in [4.78, 5) is 56.0. The van der Waals surface area contributed by atoms with Gasteiger partial charge in [0, 0.05) is 19.5 Å². The zero-order valence-corrected chi connectivity index (χ0v) is 29.6. The Morgan fingerprint density at radius 2 is 1.06 bits per heavy atom. The molecular formula is C40H60N2O6. The summed E-state index contributed by atoms with van der Waals surface area (Å²) in [5, 5.41) is 0. The van der Waals surface area contributed by atoms with Crippen molar-refractivity contribution < 1.29 is 28.7 Å². The Morgan fingerprint density at radius 1 is 0.500 bits per heavy atom. The normalized spacial score (nSPS) is 46.8. The molecule has 0 N–H and O–H groups in total. The Morgan fingerprint density at radius 3 is 1.77 bits per heavy atom. The van der Waals surface area contributed by atoms with Crippen molar-refractivity contribution in [3.8, 4) is 0 Å². The summed E-state index contributed by atoms with van der Waals surface area (Å²) in [5.74, 6) is 2.32. The molecule has 8 fully saturated rings. The molecule has 0 bridgehead atoms. The van der Waals surface area contributed by atoms with Crippen molar-refractivity contribution in [2.75, 3.05) is 7.05 Å². The third-order valence-corrected chi connectivity index (χ3v) is 15.1. The summed E-state index contributed by atoms with van der Waals surface area (Å²) in [6.07, 6.45) is 22.3. The van der Waals surface area contributed by atoms with Crippen molar-refractivity contribution >= 4 is 23.6 Å². The van der Waals surface area contributed by atoms with Crippen LogP contribution in [-0.2, 0) is 28.7 Å². The molecule has 48 heavy (non-hydrogen) atoms. The van der Waals surface area contributed by atoms with Crippen LogP contribution in [0.15, 0.2) is 0 Å². The fourth-order valence-electron chi connectivity index (χ4n) is 12.3. The average Bonchev–Trinajstić information content (AvgIpc) is 3.48. The SMILES string of the molecule is CC1CCC(OC2CC3CCCCC3C(OC3CCC(N4C(=O)C5CCC(C6CCC7C(=O)N(C)C(=O)C7C6)CC5C4=O)CC3)C2)CC1. The molecule has 0 radical (unpaired) electrons. The lowest BCUT2D eigenvalue weighted by Gasteiger charge is -2.47. The number of hydrogen-bond acceptors (Lipinski definition) is 6. The highest BCUT2D eigenvalue weighted by atomic mass is 16.5. The van der Waals surface area contributed by atoms with Crippen LogP contribution in [-0.4, -0.2) is 70.9 Å². The lowest BCUT2D eigenvalue weighted by atomic mass is 9.64. The Labute approximate surface area is 287 Å². The van der Waals surface area contributed by atoms with Crippen molar-refractivity contribution in [1.82, 2.24) is 9.80 Å². The highest BCUT2D eigenvalue weighted by molar-refractivity contribution is 6.06. The molecule has 0 aromatic rings. The van der Waals surface area contributed by atoms with E-state index in [1.54, 1.807) is 11.9 Å². The average molecular weight is 665 g/mol. The summed E-state index contributed by atoms with van der Waals surface area (Å²) >= 11 is 0. The molecule has 8 nitrogen and oxygen atoms in total. The molecule has 2 aliphatic heterocycles. The van der Waals surface area contributed by atoms with Crippen molar-refractivity contribution in [2.45, 2.75) is 166 Å². The number of likely N-dealkylation sites (tertiary alicyclic amines) is 2. The monoisotopic (exact) mass is 664 g/mol. The van der Waals surface area contributed by atoms with E-state index in [-0.39, 0.29) is 65.6 Å². The summed E-state index contributed by atoms with van der Waals surface area (Å²) in [7, 11) is 1.62. The first-order valence-electron chi connectivity index (χ1n) is 20.2. The molecule has 0 aromatic carbocycles. The van der Waals surface area contributed by atoms with E-state index >= 15 is 0 Å². The molecule has 2 heterocycles. The van der Waals surface area contributed by atoms with Gasteiger partial charge in [-0.3, -0.25) is 29.0 Å². The van der Waals surface area contributed by atoms with Gasteiger partial charge in [-0.15, -0.1) is 0 Å². The summed E-state index contributed by atoms with van der Waals surface area (Å²) in [5.41, 5.74) is 0. The van der Waals surface area contributed by atoms with Gasteiger partial charge in [0.1, 0.15) is 0 Å². The maximum Gasteiger partial charge on any atom is 0.233 e. The first-order valence-corrected chi connectivity index (χ1v) is 20.2. The third-order valence-electron chi connectivity index (χ3n) is 15.1. The number of hydrogen-bond donors (Lipinski definition) is 0. The van der Waals surface area contributed by atoms with Gasteiger partial charge < -0.3 is 9.47 Å². The molecule has 8 rings (SSSR count). The van der Waals surface area contributed by atoms with Crippen LogP contribution < -0.4 is 0 Å². The molecule has 4 amide bonds. The minimum atomic E-state index is -0.207. The molecule has 6 aliphatic carbocycles. The molecule has 6 saturated carbocycles. The number of imide groups is 2. The number of carbonyl (C=O) groups excluding carboxylic acids is 4. The standard InChI is InChI=1S/C40H60N2O6/c1-23-7-13-28(14-8-23)47-30-19-26-5-3-4-6-31(26)36(22-30)48-29-15-11-27(12-16-29)42-39(45)33-18-10-25(21-35(33)40(42)46)24-9-17-32-34(20-24)38(44)41(2)37(32)43/h23-36H,3-22H2,1-2H3. The summed E-state index contributed by atoms with van der Waals surface area (Å²) < 4.78 is 13.8. The number of rotatable bonds is 6. The first-order chi connectivity index (χ1) is 23.2. The maximum absolute atomic E-state index is 13.9. The number of ether oxygens (including phenoxy) is 2. The molecule has 0 spiro atoms. The smallest absolute Gasteiger partial charge is 0.233 e. The lowest BCUT2D eigenvalue weighted by Crippen LogP contribution is -2.47. The largest absolute Gasteiger partial charge is 0.375 e. The molecule has 266 valence electrons. The fraction of sp³-hybridized carbons (Fsp3) is 0.900. The van der Waals surface area contributed by atoms with Gasteiger partial charge in [0.15, 0.2) is 0 Å². The van der Waals surface area contributed by atoms with Gasteiger partial charge in [0.05, 0.1) is 48.1 Å². The van der Waals surface area contributed by atoms with Gasteiger partial charge in [-0.1, -0.05) is 19.8 Å². The zero-order valence-electron chi connectivity index (χ0n) is 29.6. The third kappa shape index (κ3) is 6.22. The van der Waals surface area contributed by atoms with Crippen LogP contribution in [0.3, 0.4) is 0 Å². The van der Waals surface area contributed by atoms with Crippen LogP contribution in [0, 0.1) is 53.3 Å². The van der Waals surface area contributed by atoms with E-state index in [2.05, 4.69) is 6.92 Å². The fourth-order valence-corrected chi connectivity index (χ4v) is 12.3. The lowest BCUT2D eigenvalue weighted by molar-refractivity contribution is -0.154. The Hall–Kier alpha value is -1.80. The van der Waals surface area contributed by atoms with E-state index in [0.29, 0.717) is 30.0 Å². The topological polar surface area (TPSA) is 93.2 Å². The Kier molecular flexibility index (Phi) is 9.54. The predicted octanol–water partition coefficient (Wildman–Crippen LogP) is 6.68. The van der Waals surface area contributed by atoms with Gasteiger partial charge in [-0.05, 0) is 139 Å². The number of carbonyl (C=O) groups is 4. The minimum Gasteiger partial charge on any atom is -0.375 e. The van der Waals surface area contributed by atoms with Crippen LogP contribution >= 0.6 is 0 Å². The van der Waals surface area contributed by atoms with E-state index in [9.17, 15) is 19.2 Å². The van der Waals surface area contributed by atoms with E-state index in [0.717, 1.165) is 82.5 Å². The second-order valence-corrected chi connectivity index (χ2v) is 17.8. The number of amides is 4. The predicted molar refractivity (Wildman–Crippen MR) is 180 cm³/mol. The van der Waals surface area contributed by atoms with E-state index in [1.807, 2.05) is 0 Å². The van der Waals surface area contributed by atoms with Gasteiger partial charge in [0.2, 0.25) is 23.6 Å². The van der Waals surface area contributed by atoms with Crippen LogP contribution in [0.1, 0.15) is 135 Å². The molecule has 10 unspecified atom stereocenters. The van der Waals surface area contributed by atoms with Gasteiger partial charge in [0.25, 0.3) is 0 Å². The van der Waals surface area contributed by atoms with Gasteiger partial charge in [-0.25, -0.2) is 0 Å². The first kappa shape index (κ1) is 33.3. The van der Waals surface area contributed by atoms with Crippen molar-refractivity contribution in [1.29, 1.82) is 0 Å². The second-order valence-electron chi connectivity index (χ2n) is 17.8. The van der Waals surface area contributed by atoms with Crippen LogP contribution in [0.4, 0.5) is 0 Å². The van der Waals surface area contributed by atoms with E-state index in [4.69, 9.17) is 9.47 Å². The second kappa shape index (κ2) is 13.7. The van der Waals surface area contributed by atoms with Crippen LogP contribution in [0.2, 0.25) is 0 Å². The Balaban J connectivity index is 0.851. The molecule has 2 saturated heterocycles. The van der Waals surface area contributed by atoms with Crippen molar-refractivity contribution in [2.24, 2.45) is 53.3 Å². The Bertz CT molecular complexity index is 1240. The van der Waals surface area contributed by atoms with Crippen molar-refractivity contribution in [3.63, 3.8) is 0 Å². The summed E-state index contributed by atoms with van der Waals surface area (Å²) in [6, 6.07) is 0.000517. The van der Waals surface area contributed by atoms with Gasteiger partial charge in [-0.2, -0.15) is 0 Å². The minimum absolute atomic E-state index is 0.000517. The zero-order chi connectivity index (χ0) is 33.1. The van der Waals surface area contributed by atoms with Gasteiger partial charge >= 0.3 is 0 Å². The summed E-state index contributed by atoms with van der Waals surface area (Å²) in [6.45, 7) is 2.37. The van der Waals surface area contributed by atoms with E-state index in [1.165, 1.54) is 62.7 Å². The number of nitrogens with zero attached hydrogens (tertiary/aromatic N) is 2. The molecule has 8 heteroatoms. The highest BCUT2D eigenvalue weighted by Crippen LogP contribution is 2.51. The van der Waals surface area contributed by atoms with E-state index < -0.39 is 0 Å². The molecule has 8 aliphatic rings. The quantitative estimate of drug-likeness (QED) is 0.294. The van der Waals surface area contributed by atoms with Crippen LogP contribution in [0.5, 0.6) is 0 Å².